The lowest BCUT2D eigenvalue weighted by molar-refractivity contribution is -0.131. The fourth-order valence-corrected chi connectivity index (χ4v) is 5.70. The molecular formula is C32H34F2N4O2. The van der Waals surface area contributed by atoms with Gasteiger partial charge in [-0.15, -0.1) is 0 Å². The van der Waals surface area contributed by atoms with Gasteiger partial charge in [0.25, 0.3) is 0 Å². The van der Waals surface area contributed by atoms with E-state index in [1.807, 2.05) is 31.2 Å². The number of hydrogen-bond donors (Lipinski definition) is 0. The van der Waals surface area contributed by atoms with Crippen molar-refractivity contribution >= 4 is 11.7 Å². The number of halogens is 2. The van der Waals surface area contributed by atoms with Crippen LogP contribution < -0.4 is 9.64 Å². The fraction of sp³-hybridized carbons (Fsp3) is 0.406. The van der Waals surface area contributed by atoms with E-state index < -0.39 is 11.6 Å². The van der Waals surface area contributed by atoms with Crippen molar-refractivity contribution in [2.75, 3.05) is 31.1 Å². The number of aromatic nitrogens is 1. The van der Waals surface area contributed by atoms with Crippen LogP contribution in [-0.4, -0.2) is 42.0 Å². The third kappa shape index (κ3) is 6.25. The molecule has 3 aromatic rings. The highest BCUT2D eigenvalue weighted by atomic mass is 19.1. The number of pyridine rings is 1. The van der Waals surface area contributed by atoms with E-state index in [-0.39, 0.29) is 24.7 Å². The van der Waals surface area contributed by atoms with Crippen LogP contribution in [-0.2, 0) is 11.4 Å². The Morgan fingerprint density at radius 1 is 1.05 bits per heavy atom. The van der Waals surface area contributed by atoms with Gasteiger partial charge in [-0.05, 0) is 79.8 Å². The second-order valence-electron chi connectivity index (χ2n) is 10.7. The van der Waals surface area contributed by atoms with Gasteiger partial charge in [0, 0.05) is 37.8 Å². The number of carbonyl (C=O) groups is 1. The zero-order chi connectivity index (χ0) is 28.1. The number of carbonyl (C=O) groups excluding carboxylic acids is 1. The van der Waals surface area contributed by atoms with Crippen LogP contribution in [0.3, 0.4) is 0 Å². The standard InChI is InChI=1S/C32H34F2N4O2/c1-22-18-24(23-11-16-38(17-12-23)31(39)10-13-35)8-9-25(22)21-40-32-27(19-26(33)20-28(32)34)29-6-5-7-30(36-29)37-14-3-2-4-15-37/h5-9,18-20,23H,2-4,10-12,14-17,21H2,1H3. The van der Waals surface area contributed by atoms with Crippen molar-refractivity contribution in [1.29, 1.82) is 5.26 Å². The highest BCUT2D eigenvalue weighted by Crippen LogP contribution is 2.35. The van der Waals surface area contributed by atoms with Crippen LogP contribution >= 0.6 is 0 Å². The molecule has 1 aromatic heterocycles. The first-order chi connectivity index (χ1) is 19.4. The molecular weight excluding hydrogens is 510 g/mol. The van der Waals surface area contributed by atoms with Crippen molar-refractivity contribution in [3.63, 3.8) is 0 Å². The van der Waals surface area contributed by atoms with Gasteiger partial charge >= 0.3 is 0 Å². The second kappa shape index (κ2) is 12.5. The van der Waals surface area contributed by atoms with Crippen molar-refractivity contribution < 1.29 is 18.3 Å². The average Bonchev–Trinajstić information content (AvgIpc) is 2.97. The number of likely N-dealkylation sites (tertiary alicyclic amines) is 1. The summed E-state index contributed by atoms with van der Waals surface area (Å²) >= 11 is 0. The normalized spacial score (nSPS) is 16.1. The van der Waals surface area contributed by atoms with E-state index in [0.717, 1.165) is 61.8 Å². The lowest BCUT2D eigenvalue weighted by Gasteiger charge is -2.32. The van der Waals surface area contributed by atoms with Crippen LogP contribution in [0.15, 0.2) is 48.5 Å². The van der Waals surface area contributed by atoms with Crippen LogP contribution in [0.1, 0.15) is 61.1 Å². The molecule has 208 valence electrons. The maximum absolute atomic E-state index is 15.0. The number of aryl methyl sites for hydroxylation is 1. The van der Waals surface area contributed by atoms with Crippen molar-refractivity contribution in [3.05, 3.63) is 76.9 Å². The molecule has 8 heteroatoms. The minimum Gasteiger partial charge on any atom is -0.485 e. The van der Waals surface area contributed by atoms with Gasteiger partial charge in [-0.2, -0.15) is 5.26 Å². The summed E-state index contributed by atoms with van der Waals surface area (Å²) in [4.78, 5) is 20.7. The molecule has 3 heterocycles. The molecule has 0 bridgehead atoms. The molecule has 0 unspecified atom stereocenters. The van der Waals surface area contributed by atoms with Gasteiger partial charge in [-0.25, -0.2) is 13.8 Å². The number of nitrogens with zero attached hydrogens (tertiary/aromatic N) is 4. The van der Waals surface area contributed by atoms with E-state index in [2.05, 4.69) is 17.0 Å². The number of rotatable bonds is 7. The molecule has 2 aromatic carbocycles. The first-order valence-corrected chi connectivity index (χ1v) is 14.0. The highest BCUT2D eigenvalue weighted by molar-refractivity contribution is 5.78. The molecule has 2 saturated heterocycles. The summed E-state index contributed by atoms with van der Waals surface area (Å²) in [5, 5.41) is 8.78. The van der Waals surface area contributed by atoms with E-state index in [1.165, 1.54) is 18.1 Å². The summed E-state index contributed by atoms with van der Waals surface area (Å²) in [7, 11) is 0. The second-order valence-corrected chi connectivity index (χ2v) is 10.7. The smallest absolute Gasteiger partial charge is 0.236 e. The van der Waals surface area contributed by atoms with E-state index in [1.54, 1.807) is 11.0 Å². The molecule has 5 rings (SSSR count). The summed E-state index contributed by atoms with van der Waals surface area (Å²) in [6.07, 6.45) is 5.03. The molecule has 2 fully saturated rings. The monoisotopic (exact) mass is 544 g/mol. The van der Waals surface area contributed by atoms with Crippen LogP contribution in [0.4, 0.5) is 14.6 Å². The van der Waals surface area contributed by atoms with Crippen LogP contribution in [0.25, 0.3) is 11.3 Å². The first-order valence-electron chi connectivity index (χ1n) is 14.0. The molecule has 2 aliphatic heterocycles. The fourth-order valence-electron chi connectivity index (χ4n) is 5.70. The van der Waals surface area contributed by atoms with Crippen molar-refractivity contribution in [3.8, 4) is 23.1 Å². The number of benzene rings is 2. The lowest BCUT2D eigenvalue weighted by Crippen LogP contribution is -2.37. The maximum Gasteiger partial charge on any atom is 0.236 e. The quantitative estimate of drug-likeness (QED) is 0.339. The number of ether oxygens (including phenoxy) is 1. The zero-order valence-electron chi connectivity index (χ0n) is 22.8. The van der Waals surface area contributed by atoms with E-state index in [9.17, 15) is 9.18 Å². The molecule has 1 amide bonds. The first kappa shape index (κ1) is 27.6. The lowest BCUT2D eigenvalue weighted by atomic mass is 9.87. The third-order valence-corrected chi connectivity index (χ3v) is 7.99. The van der Waals surface area contributed by atoms with Gasteiger partial charge in [-0.3, -0.25) is 4.79 Å². The van der Waals surface area contributed by atoms with Gasteiger partial charge in [0.1, 0.15) is 24.7 Å². The number of amides is 1. The maximum atomic E-state index is 15.0. The molecule has 0 saturated carbocycles. The van der Waals surface area contributed by atoms with Gasteiger partial charge in [0.05, 0.1) is 11.8 Å². The van der Waals surface area contributed by atoms with Crippen molar-refractivity contribution in [1.82, 2.24) is 9.88 Å². The Morgan fingerprint density at radius 3 is 2.55 bits per heavy atom. The molecule has 6 nitrogen and oxygen atoms in total. The minimum absolute atomic E-state index is 0.0115. The molecule has 0 aliphatic carbocycles. The van der Waals surface area contributed by atoms with Crippen LogP contribution in [0.2, 0.25) is 0 Å². The molecule has 0 N–H and O–H groups in total. The highest BCUT2D eigenvalue weighted by Gasteiger charge is 2.24. The minimum atomic E-state index is -0.757. The Kier molecular flexibility index (Phi) is 8.59. The molecule has 0 spiro atoms. The largest absolute Gasteiger partial charge is 0.485 e. The Hall–Kier alpha value is -3.99. The molecule has 0 radical (unpaired) electrons. The van der Waals surface area contributed by atoms with Crippen molar-refractivity contribution in [2.45, 2.75) is 58.0 Å². The van der Waals surface area contributed by atoms with Gasteiger partial charge < -0.3 is 14.5 Å². The number of piperidine rings is 2. The summed E-state index contributed by atoms with van der Waals surface area (Å²) < 4.78 is 35.4. The van der Waals surface area contributed by atoms with Gasteiger partial charge in [-0.1, -0.05) is 24.3 Å². The van der Waals surface area contributed by atoms with Gasteiger partial charge in [0.15, 0.2) is 11.6 Å². The Morgan fingerprint density at radius 2 is 1.82 bits per heavy atom. The van der Waals surface area contributed by atoms with Crippen molar-refractivity contribution in [2.24, 2.45) is 0 Å². The topological polar surface area (TPSA) is 69.5 Å². The molecule has 0 atom stereocenters. The van der Waals surface area contributed by atoms with E-state index >= 15 is 4.39 Å². The zero-order valence-corrected chi connectivity index (χ0v) is 22.8. The van der Waals surface area contributed by atoms with E-state index in [4.69, 9.17) is 15.0 Å². The Balaban J connectivity index is 1.30. The number of nitriles is 1. The summed E-state index contributed by atoms with van der Waals surface area (Å²) in [6.45, 7) is 5.27. The number of anilines is 1. The average molecular weight is 545 g/mol. The Bertz CT molecular complexity index is 1410. The van der Waals surface area contributed by atoms with Crippen LogP contribution in [0, 0.1) is 29.9 Å². The number of hydrogen-bond acceptors (Lipinski definition) is 5. The summed E-state index contributed by atoms with van der Waals surface area (Å²) in [5.74, 6) is -0.412. The third-order valence-electron chi connectivity index (χ3n) is 7.99. The predicted molar refractivity (Wildman–Crippen MR) is 150 cm³/mol. The van der Waals surface area contributed by atoms with Gasteiger partial charge in [0.2, 0.25) is 5.91 Å². The predicted octanol–water partition coefficient (Wildman–Crippen LogP) is 6.52. The molecule has 2 aliphatic rings. The van der Waals surface area contributed by atoms with E-state index in [0.29, 0.717) is 30.3 Å². The SMILES string of the molecule is Cc1cc(C2CCN(C(=O)CC#N)CC2)ccc1COc1c(F)cc(F)cc1-c1cccc(N2CCCCC2)n1. The summed E-state index contributed by atoms with van der Waals surface area (Å²) in [5.41, 5.74) is 3.90. The Labute approximate surface area is 234 Å². The molecule has 40 heavy (non-hydrogen) atoms. The summed E-state index contributed by atoms with van der Waals surface area (Å²) in [6, 6.07) is 15.8. The van der Waals surface area contributed by atoms with Crippen LogP contribution in [0.5, 0.6) is 5.75 Å².